The van der Waals surface area contributed by atoms with Gasteiger partial charge in [0.2, 0.25) is 5.95 Å². The van der Waals surface area contributed by atoms with Crippen molar-refractivity contribution in [1.29, 1.82) is 0 Å². The molecule has 0 saturated heterocycles. The lowest BCUT2D eigenvalue weighted by molar-refractivity contribution is 0.414. The van der Waals surface area contributed by atoms with Gasteiger partial charge in [-0.1, -0.05) is 11.6 Å². The first-order valence-corrected chi connectivity index (χ1v) is 6.55. The highest BCUT2D eigenvalue weighted by molar-refractivity contribution is 6.32. The Morgan fingerprint density at radius 1 is 1.37 bits per heavy atom. The lowest BCUT2D eigenvalue weighted by atomic mass is 10.3. The standard InChI is InChI=1S/C14H18ClN3O/c1-9(2)16-14-17-10(3)8-18(14)13-7-11(19-4)5-6-12(13)15/h5-9H,1-4H3,(H,16,17). The lowest BCUT2D eigenvalue weighted by Gasteiger charge is -2.14. The molecule has 0 aliphatic carbocycles. The van der Waals surface area contributed by atoms with Gasteiger partial charge in [-0.2, -0.15) is 0 Å². The van der Waals surface area contributed by atoms with E-state index in [1.807, 2.05) is 35.9 Å². The molecular formula is C14H18ClN3O. The van der Waals surface area contributed by atoms with E-state index < -0.39 is 0 Å². The molecule has 0 fully saturated rings. The highest BCUT2D eigenvalue weighted by Crippen LogP contribution is 2.28. The molecule has 1 N–H and O–H groups in total. The monoisotopic (exact) mass is 279 g/mol. The molecule has 0 radical (unpaired) electrons. The van der Waals surface area contributed by atoms with E-state index >= 15 is 0 Å². The second-order valence-electron chi connectivity index (χ2n) is 4.69. The smallest absolute Gasteiger partial charge is 0.207 e. The number of nitrogens with zero attached hydrogens (tertiary/aromatic N) is 2. The normalized spacial score (nSPS) is 10.8. The maximum atomic E-state index is 6.27. The number of anilines is 1. The van der Waals surface area contributed by atoms with Crippen molar-refractivity contribution >= 4 is 17.5 Å². The summed E-state index contributed by atoms with van der Waals surface area (Å²) in [4.78, 5) is 4.48. The van der Waals surface area contributed by atoms with E-state index in [0.717, 1.165) is 23.1 Å². The van der Waals surface area contributed by atoms with Gasteiger partial charge in [-0.3, -0.25) is 4.57 Å². The Kier molecular flexibility index (Phi) is 4.00. The van der Waals surface area contributed by atoms with Crippen LogP contribution < -0.4 is 10.1 Å². The minimum Gasteiger partial charge on any atom is -0.497 e. The van der Waals surface area contributed by atoms with Crippen LogP contribution in [-0.4, -0.2) is 22.7 Å². The van der Waals surface area contributed by atoms with Gasteiger partial charge in [-0.05, 0) is 32.9 Å². The van der Waals surface area contributed by atoms with Crippen LogP contribution >= 0.6 is 11.6 Å². The van der Waals surface area contributed by atoms with Crippen molar-refractivity contribution < 1.29 is 4.74 Å². The van der Waals surface area contributed by atoms with Crippen LogP contribution in [-0.2, 0) is 0 Å². The van der Waals surface area contributed by atoms with E-state index in [-0.39, 0.29) is 0 Å². The summed E-state index contributed by atoms with van der Waals surface area (Å²) in [5.74, 6) is 1.55. The van der Waals surface area contributed by atoms with Crippen LogP contribution in [0.1, 0.15) is 19.5 Å². The summed E-state index contributed by atoms with van der Waals surface area (Å²) in [6.07, 6.45) is 1.95. The van der Waals surface area contributed by atoms with Crippen molar-refractivity contribution in [2.75, 3.05) is 12.4 Å². The molecule has 5 heteroatoms. The van der Waals surface area contributed by atoms with E-state index in [1.165, 1.54) is 0 Å². The van der Waals surface area contributed by atoms with Gasteiger partial charge in [0, 0.05) is 18.3 Å². The number of hydrogen-bond donors (Lipinski definition) is 1. The largest absolute Gasteiger partial charge is 0.497 e. The molecule has 2 rings (SSSR count). The summed E-state index contributed by atoms with van der Waals surface area (Å²) in [5, 5.41) is 3.97. The fraction of sp³-hybridized carbons (Fsp3) is 0.357. The maximum absolute atomic E-state index is 6.27. The van der Waals surface area contributed by atoms with Crippen molar-refractivity contribution in [3.8, 4) is 11.4 Å². The molecule has 0 amide bonds. The number of methoxy groups -OCH3 is 1. The van der Waals surface area contributed by atoms with Crippen LogP contribution in [0.2, 0.25) is 5.02 Å². The number of halogens is 1. The Labute approximate surface area is 118 Å². The third-order valence-electron chi connectivity index (χ3n) is 2.66. The van der Waals surface area contributed by atoms with Crippen LogP contribution in [0.3, 0.4) is 0 Å². The zero-order chi connectivity index (χ0) is 14.0. The molecule has 1 aromatic heterocycles. The van der Waals surface area contributed by atoms with Crippen LogP contribution in [0.5, 0.6) is 5.75 Å². The zero-order valence-electron chi connectivity index (χ0n) is 11.6. The maximum Gasteiger partial charge on any atom is 0.207 e. The Bertz CT molecular complexity index is 578. The highest BCUT2D eigenvalue weighted by Gasteiger charge is 2.12. The second-order valence-corrected chi connectivity index (χ2v) is 5.10. The van der Waals surface area contributed by atoms with Gasteiger partial charge in [-0.15, -0.1) is 0 Å². The van der Waals surface area contributed by atoms with Crippen molar-refractivity contribution in [1.82, 2.24) is 9.55 Å². The molecule has 1 aromatic carbocycles. The fourth-order valence-corrected chi connectivity index (χ4v) is 2.05. The first-order chi connectivity index (χ1) is 9.01. The SMILES string of the molecule is COc1ccc(Cl)c(-n2cc(C)nc2NC(C)C)c1. The van der Waals surface area contributed by atoms with Gasteiger partial charge >= 0.3 is 0 Å². The highest BCUT2D eigenvalue weighted by atomic mass is 35.5. The van der Waals surface area contributed by atoms with Crippen molar-refractivity contribution in [3.63, 3.8) is 0 Å². The van der Waals surface area contributed by atoms with Crippen LogP contribution in [0.25, 0.3) is 5.69 Å². The third kappa shape index (κ3) is 3.01. The summed E-state index contributed by atoms with van der Waals surface area (Å²) >= 11 is 6.27. The van der Waals surface area contributed by atoms with Gasteiger partial charge in [-0.25, -0.2) is 4.98 Å². The summed E-state index contributed by atoms with van der Waals surface area (Å²) in [7, 11) is 1.64. The average molecular weight is 280 g/mol. The van der Waals surface area contributed by atoms with E-state index in [4.69, 9.17) is 16.3 Å². The number of aryl methyl sites for hydroxylation is 1. The number of imidazole rings is 1. The Morgan fingerprint density at radius 2 is 2.11 bits per heavy atom. The molecule has 0 spiro atoms. The molecule has 0 bridgehead atoms. The minimum absolute atomic E-state index is 0.296. The van der Waals surface area contributed by atoms with Crippen molar-refractivity contribution in [2.24, 2.45) is 0 Å². The molecule has 0 atom stereocenters. The van der Waals surface area contributed by atoms with Crippen LogP contribution in [0.4, 0.5) is 5.95 Å². The lowest BCUT2D eigenvalue weighted by Crippen LogP contribution is -2.14. The number of benzene rings is 1. The summed E-state index contributed by atoms with van der Waals surface area (Å²) in [6, 6.07) is 5.86. The first kappa shape index (κ1) is 13.7. The van der Waals surface area contributed by atoms with Gasteiger partial charge < -0.3 is 10.1 Å². The van der Waals surface area contributed by atoms with Crippen molar-refractivity contribution in [3.05, 3.63) is 35.1 Å². The minimum atomic E-state index is 0.296. The number of ether oxygens (including phenoxy) is 1. The van der Waals surface area contributed by atoms with Gasteiger partial charge in [0.15, 0.2) is 0 Å². The molecule has 0 unspecified atom stereocenters. The Hall–Kier alpha value is -1.68. The molecular weight excluding hydrogens is 262 g/mol. The van der Waals surface area contributed by atoms with Gasteiger partial charge in [0.25, 0.3) is 0 Å². The predicted octanol–water partition coefficient (Wildman–Crippen LogP) is 3.66. The number of aromatic nitrogens is 2. The van der Waals surface area contributed by atoms with Crippen LogP contribution in [0.15, 0.2) is 24.4 Å². The van der Waals surface area contributed by atoms with E-state index in [9.17, 15) is 0 Å². The molecule has 0 aliphatic heterocycles. The summed E-state index contributed by atoms with van der Waals surface area (Å²) in [6.45, 7) is 6.10. The summed E-state index contributed by atoms with van der Waals surface area (Å²) < 4.78 is 7.19. The van der Waals surface area contributed by atoms with Crippen LogP contribution in [0, 0.1) is 6.92 Å². The number of hydrogen-bond acceptors (Lipinski definition) is 3. The Balaban J connectivity index is 2.51. The number of nitrogens with one attached hydrogen (secondary N) is 1. The molecule has 4 nitrogen and oxygen atoms in total. The Morgan fingerprint density at radius 3 is 2.74 bits per heavy atom. The first-order valence-electron chi connectivity index (χ1n) is 6.17. The van der Waals surface area contributed by atoms with Gasteiger partial charge in [0.1, 0.15) is 5.75 Å². The third-order valence-corrected chi connectivity index (χ3v) is 2.98. The predicted molar refractivity (Wildman–Crippen MR) is 78.6 cm³/mol. The quantitative estimate of drug-likeness (QED) is 0.928. The van der Waals surface area contributed by atoms with E-state index in [0.29, 0.717) is 11.1 Å². The topological polar surface area (TPSA) is 39.1 Å². The van der Waals surface area contributed by atoms with Crippen molar-refractivity contribution in [2.45, 2.75) is 26.8 Å². The second kappa shape index (κ2) is 5.53. The molecule has 19 heavy (non-hydrogen) atoms. The summed E-state index contributed by atoms with van der Waals surface area (Å²) in [5.41, 5.74) is 1.78. The van der Waals surface area contributed by atoms with Gasteiger partial charge in [0.05, 0.1) is 23.5 Å². The molecule has 0 saturated carbocycles. The molecule has 1 heterocycles. The fourth-order valence-electron chi connectivity index (χ4n) is 1.85. The zero-order valence-corrected chi connectivity index (χ0v) is 12.3. The van der Waals surface area contributed by atoms with E-state index in [1.54, 1.807) is 7.11 Å². The average Bonchev–Trinajstić information content (AvgIpc) is 2.70. The van der Waals surface area contributed by atoms with E-state index in [2.05, 4.69) is 24.1 Å². The number of rotatable bonds is 4. The molecule has 2 aromatic rings. The molecule has 102 valence electrons. The molecule has 0 aliphatic rings.